The van der Waals surface area contributed by atoms with Crippen LogP contribution in [0.5, 0.6) is 0 Å². The molecule has 10 heavy (non-hydrogen) atoms. The predicted molar refractivity (Wildman–Crippen MR) is 31.3 cm³/mol. The van der Waals surface area contributed by atoms with Gasteiger partial charge in [-0.3, -0.25) is 0 Å². The van der Waals surface area contributed by atoms with E-state index in [2.05, 4.69) is 10.3 Å². The highest BCUT2D eigenvalue weighted by molar-refractivity contribution is 6.82. The van der Waals surface area contributed by atoms with Gasteiger partial charge in [0.15, 0.2) is 5.16 Å². The maximum Gasteiger partial charge on any atom is 0.450 e. The van der Waals surface area contributed by atoms with E-state index in [1.165, 1.54) is 0 Å². The molecule has 7 nitrogen and oxygen atoms in total. The van der Waals surface area contributed by atoms with Crippen LogP contribution >= 0.6 is 11.6 Å². The van der Waals surface area contributed by atoms with E-state index in [1.54, 1.807) is 0 Å². The lowest BCUT2D eigenvalue weighted by Gasteiger charge is -1.88. The van der Waals surface area contributed by atoms with E-state index in [0.29, 0.717) is 0 Å². The van der Waals surface area contributed by atoms with Crippen LogP contribution in [0.3, 0.4) is 0 Å². The van der Waals surface area contributed by atoms with Gasteiger partial charge in [0.05, 0.1) is 0 Å². The molecule has 0 aliphatic carbocycles. The molecule has 0 aliphatic heterocycles. The van der Waals surface area contributed by atoms with Gasteiger partial charge >= 0.3 is 5.84 Å². The van der Waals surface area contributed by atoms with E-state index in [0.717, 1.165) is 0 Å². The zero-order chi connectivity index (χ0) is 8.15. The second-order valence-electron chi connectivity index (χ2n) is 1.07. The van der Waals surface area contributed by atoms with Gasteiger partial charge < -0.3 is 20.5 Å². The van der Waals surface area contributed by atoms with Gasteiger partial charge in [0, 0.05) is 0 Å². The first-order valence-corrected chi connectivity index (χ1v) is 2.25. The van der Waals surface area contributed by atoms with Crippen LogP contribution in [0.4, 0.5) is 0 Å². The Kier molecular flexibility index (Phi) is 3.12. The van der Waals surface area contributed by atoms with Crippen molar-refractivity contribution in [3.05, 3.63) is 10.1 Å². The van der Waals surface area contributed by atoms with Crippen LogP contribution in [0.15, 0.2) is 10.3 Å². The molecular formula is C2H2ClN3O4. The first kappa shape index (κ1) is 8.63. The Hall–Kier alpha value is -1.37. The summed E-state index contributed by atoms with van der Waals surface area (Å²) in [6.45, 7) is 0. The monoisotopic (exact) mass is 167 g/mol. The number of nitro groups is 1. The molecule has 0 radical (unpaired) electrons. The molecule has 56 valence electrons. The molecule has 0 unspecified atom stereocenters. The number of rotatable bonds is 1. The quantitative estimate of drug-likeness (QED) is 0.189. The third kappa shape index (κ3) is 1.86. The molecule has 0 atom stereocenters. The van der Waals surface area contributed by atoms with Crippen LogP contribution in [0.2, 0.25) is 0 Å². The molecule has 0 fully saturated rings. The molecule has 0 saturated heterocycles. The van der Waals surface area contributed by atoms with Crippen molar-refractivity contribution in [2.24, 2.45) is 10.3 Å². The fraction of sp³-hybridized carbons (Fsp3) is 0. The minimum absolute atomic E-state index is 0.882. The van der Waals surface area contributed by atoms with Crippen LogP contribution in [0.25, 0.3) is 0 Å². The molecule has 8 heteroatoms. The minimum Gasteiger partial charge on any atom is -0.409 e. The third-order valence-corrected chi connectivity index (χ3v) is 0.785. The third-order valence-electron chi connectivity index (χ3n) is 0.540. The second kappa shape index (κ2) is 3.62. The summed E-state index contributed by atoms with van der Waals surface area (Å²) in [5, 5.41) is 29.0. The first-order chi connectivity index (χ1) is 4.63. The molecule has 0 bridgehead atoms. The van der Waals surface area contributed by atoms with E-state index in [9.17, 15) is 10.1 Å². The van der Waals surface area contributed by atoms with Gasteiger partial charge in [-0.05, 0) is 16.5 Å². The van der Waals surface area contributed by atoms with Crippen molar-refractivity contribution in [3.63, 3.8) is 0 Å². The van der Waals surface area contributed by atoms with Gasteiger partial charge in [-0.2, -0.15) is 0 Å². The van der Waals surface area contributed by atoms with E-state index in [-0.39, 0.29) is 0 Å². The summed E-state index contributed by atoms with van der Waals surface area (Å²) in [5.74, 6) is -1.11. The molecule has 2 N–H and O–H groups in total. The SMILES string of the molecule is O=[N+]([O-])C(=NO)C(Cl)=NO. The van der Waals surface area contributed by atoms with Crippen molar-refractivity contribution in [3.8, 4) is 0 Å². The largest absolute Gasteiger partial charge is 0.450 e. The number of oxime groups is 2. The maximum atomic E-state index is 9.77. The minimum atomic E-state index is -1.11. The Morgan fingerprint density at radius 2 is 2.00 bits per heavy atom. The highest BCUT2D eigenvalue weighted by Crippen LogP contribution is 1.90. The van der Waals surface area contributed by atoms with E-state index < -0.39 is 15.9 Å². The molecule has 0 aromatic carbocycles. The Bertz CT molecular complexity index is 199. The summed E-state index contributed by atoms with van der Waals surface area (Å²) >= 11 is 4.89. The van der Waals surface area contributed by atoms with Crippen LogP contribution in [0.1, 0.15) is 0 Å². The van der Waals surface area contributed by atoms with Gasteiger partial charge in [-0.1, -0.05) is 5.16 Å². The standard InChI is InChI=1S/C2H2ClN3O4/c3-1(4-7)2(5-8)6(9)10/h7-8H. The summed E-state index contributed by atoms with van der Waals surface area (Å²) in [4.78, 5) is 8.67. The van der Waals surface area contributed by atoms with Gasteiger partial charge in [0.25, 0.3) is 5.17 Å². The molecule has 0 aromatic heterocycles. The summed E-state index contributed by atoms with van der Waals surface area (Å²) < 4.78 is 0. The molecule has 0 aromatic rings. The predicted octanol–water partition coefficient (Wildman–Crippen LogP) is 0.0773. The average Bonchev–Trinajstić information content (AvgIpc) is 1.88. The van der Waals surface area contributed by atoms with Crippen LogP contribution in [0, 0.1) is 10.1 Å². The lowest BCUT2D eigenvalue weighted by Crippen LogP contribution is -2.18. The molecule has 0 aliphatic rings. The maximum absolute atomic E-state index is 9.77. The second-order valence-corrected chi connectivity index (χ2v) is 1.43. The summed E-state index contributed by atoms with van der Waals surface area (Å²) in [5.41, 5.74) is 0. The molecule has 0 rings (SSSR count). The van der Waals surface area contributed by atoms with Gasteiger partial charge in [-0.15, -0.1) is 0 Å². The molecule has 0 heterocycles. The van der Waals surface area contributed by atoms with Crippen molar-refractivity contribution in [2.75, 3.05) is 0 Å². The molecule has 0 amide bonds. The van der Waals surface area contributed by atoms with Gasteiger partial charge in [0.2, 0.25) is 0 Å². The highest BCUT2D eigenvalue weighted by Gasteiger charge is 2.20. The van der Waals surface area contributed by atoms with E-state index >= 15 is 0 Å². The highest BCUT2D eigenvalue weighted by atomic mass is 35.5. The zero-order valence-corrected chi connectivity index (χ0v) is 5.19. The summed E-state index contributed by atoms with van der Waals surface area (Å²) in [6, 6.07) is 0. The van der Waals surface area contributed by atoms with Crippen molar-refractivity contribution in [1.82, 2.24) is 0 Å². The number of hydrogen-bond donors (Lipinski definition) is 2. The van der Waals surface area contributed by atoms with Crippen LogP contribution < -0.4 is 0 Å². The normalized spacial score (nSPS) is 13.3. The Labute approximate surface area is 59.3 Å². The fourth-order valence-corrected chi connectivity index (χ4v) is 0.305. The molecule has 0 spiro atoms. The zero-order valence-electron chi connectivity index (χ0n) is 4.43. The lowest BCUT2D eigenvalue weighted by molar-refractivity contribution is -0.347. The van der Waals surface area contributed by atoms with Crippen molar-refractivity contribution < 1.29 is 15.3 Å². The van der Waals surface area contributed by atoms with Gasteiger partial charge in [0.1, 0.15) is 0 Å². The summed E-state index contributed by atoms with van der Waals surface area (Å²) in [6.07, 6.45) is 0. The average molecular weight is 168 g/mol. The molecule has 0 saturated carbocycles. The number of nitrogens with zero attached hydrogens (tertiary/aromatic N) is 3. The number of hydrogen-bond acceptors (Lipinski definition) is 6. The van der Waals surface area contributed by atoms with Crippen molar-refractivity contribution >= 4 is 22.6 Å². The van der Waals surface area contributed by atoms with E-state index in [4.69, 9.17) is 22.0 Å². The van der Waals surface area contributed by atoms with Crippen molar-refractivity contribution in [1.29, 1.82) is 0 Å². The van der Waals surface area contributed by atoms with Crippen LogP contribution in [-0.4, -0.2) is 26.3 Å². The Morgan fingerprint density at radius 3 is 2.10 bits per heavy atom. The number of halogens is 1. The lowest BCUT2D eigenvalue weighted by atomic mass is 10.7. The first-order valence-electron chi connectivity index (χ1n) is 1.87. The summed E-state index contributed by atoms with van der Waals surface area (Å²) in [7, 11) is 0. The molecular weight excluding hydrogens is 165 g/mol. The van der Waals surface area contributed by atoms with Gasteiger partial charge in [-0.25, -0.2) is 0 Å². The van der Waals surface area contributed by atoms with E-state index in [1.807, 2.05) is 0 Å². The number of amidine groups is 1. The smallest absolute Gasteiger partial charge is 0.409 e. The Balaban J connectivity index is 4.56. The topological polar surface area (TPSA) is 108 Å². The van der Waals surface area contributed by atoms with Crippen LogP contribution in [-0.2, 0) is 0 Å². The van der Waals surface area contributed by atoms with Crippen molar-refractivity contribution in [2.45, 2.75) is 0 Å². The fourth-order valence-electron chi connectivity index (χ4n) is 0.198. The Morgan fingerprint density at radius 1 is 1.50 bits per heavy atom.